The van der Waals surface area contributed by atoms with Gasteiger partial charge in [-0.2, -0.15) is 4.98 Å². The smallest absolute Gasteiger partial charge is 0.241 e. The molecule has 10 heavy (non-hydrogen) atoms. The summed E-state index contributed by atoms with van der Waals surface area (Å²) in [6.45, 7) is 0.743. The van der Waals surface area contributed by atoms with Gasteiger partial charge in [0.15, 0.2) is 0 Å². The molecule has 0 aliphatic carbocycles. The largest absolute Gasteiger partial charge is 0.366 e. The minimum absolute atomic E-state index is 0.311. The number of fused-ring (bicyclic) bond motifs is 1. The molecule has 52 valence electrons. The molecule has 5 nitrogen and oxygen atoms in total. The zero-order valence-electron chi connectivity index (χ0n) is 5.28. The van der Waals surface area contributed by atoms with Crippen LogP contribution in [0.4, 0.5) is 11.9 Å². The van der Waals surface area contributed by atoms with E-state index in [1.165, 1.54) is 0 Å². The van der Waals surface area contributed by atoms with Crippen molar-refractivity contribution in [2.45, 2.75) is 6.54 Å². The molecule has 0 radical (unpaired) electrons. The third-order valence-corrected chi connectivity index (χ3v) is 1.30. The molecule has 1 aromatic heterocycles. The van der Waals surface area contributed by atoms with Crippen LogP contribution in [0.2, 0.25) is 0 Å². The van der Waals surface area contributed by atoms with Crippen molar-refractivity contribution in [1.82, 2.24) is 14.8 Å². The summed E-state index contributed by atoms with van der Waals surface area (Å²) in [6, 6.07) is 0. The maximum absolute atomic E-state index is 5.35. The fourth-order valence-electron chi connectivity index (χ4n) is 0.880. The Bertz CT molecular complexity index is 248. The number of aromatic nitrogens is 3. The minimum Gasteiger partial charge on any atom is -0.366 e. The third kappa shape index (κ3) is 0.637. The number of anilines is 2. The first kappa shape index (κ1) is 5.28. The fourth-order valence-corrected chi connectivity index (χ4v) is 0.880. The van der Waals surface area contributed by atoms with Gasteiger partial charge in [-0.15, -0.1) is 5.10 Å². The van der Waals surface area contributed by atoms with Crippen molar-refractivity contribution < 1.29 is 0 Å². The van der Waals surface area contributed by atoms with Gasteiger partial charge in [0.2, 0.25) is 11.9 Å². The number of hydrogen-bond acceptors (Lipinski definition) is 4. The Morgan fingerprint density at radius 2 is 2.60 bits per heavy atom. The van der Waals surface area contributed by atoms with Crippen LogP contribution < -0.4 is 11.1 Å². The number of nitrogens with one attached hydrogen (secondary N) is 1. The summed E-state index contributed by atoms with van der Waals surface area (Å²) in [5, 5.41) is 6.83. The van der Waals surface area contributed by atoms with Crippen LogP contribution in [0, 0.1) is 0 Å². The first-order valence-corrected chi connectivity index (χ1v) is 2.98. The highest BCUT2D eigenvalue weighted by Crippen LogP contribution is 2.08. The van der Waals surface area contributed by atoms with Gasteiger partial charge in [-0.25, -0.2) is 4.68 Å². The van der Waals surface area contributed by atoms with E-state index >= 15 is 0 Å². The molecule has 2 rings (SSSR count). The van der Waals surface area contributed by atoms with Crippen LogP contribution >= 0.6 is 0 Å². The van der Waals surface area contributed by atoms with E-state index in [1.807, 2.05) is 12.3 Å². The van der Waals surface area contributed by atoms with Crippen LogP contribution in [0.15, 0.2) is 12.3 Å². The summed E-state index contributed by atoms with van der Waals surface area (Å²) in [5.41, 5.74) is 5.35. The van der Waals surface area contributed by atoms with E-state index in [2.05, 4.69) is 15.4 Å². The third-order valence-electron chi connectivity index (χ3n) is 1.30. The second kappa shape index (κ2) is 1.73. The van der Waals surface area contributed by atoms with E-state index in [0.29, 0.717) is 11.9 Å². The van der Waals surface area contributed by atoms with Gasteiger partial charge in [0.05, 0.1) is 6.54 Å². The summed E-state index contributed by atoms with van der Waals surface area (Å²) < 4.78 is 1.70. The van der Waals surface area contributed by atoms with Gasteiger partial charge in [0.25, 0.3) is 0 Å². The molecule has 0 amide bonds. The predicted octanol–water partition coefficient (Wildman–Crippen LogP) is -0.201. The number of nitrogens with zero attached hydrogens (tertiary/aromatic N) is 3. The highest BCUT2D eigenvalue weighted by Gasteiger charge is 2.06. The number of nitrogens with two attached hydrogens (primary N) is 1. The van der Waals surface area contributed by atoms with Crippen molar-refractivity contribution in [3.63, 3.8) is 0 Å². The number of rotatable bonds is 0. The van der Waals surface area contributed by atoms with Crippen LogP contribution in [-0.2, 0) is 6.54 Å². The van der Waals surface area contributed by atoms with Gasteiger partial charge in [-0.1, -0.05) is 0 Å². The Kier molecular flexibility index (Phi) is 0.913. The normalized spacial score (nSPS) is 14.4. The summed E-state index contributed by atoms with van der Waals surface area (Å²) in [5.74, 6) is 1.02. The highest BCUT2D eigenvalue weighted by atomic mass is 15.4. The van der Waals surface area contributed by atoms with Gasteiger partial charge in [-0.3, -0.25) is 0 Å². The molecule has 0 aromatic carbocycles. The maximum atomic E-state index is 5.35. The molecule has 0 fully saturated rings. The van der Waals surface area contributed by atoms with E-state index < -0.39 is 0 Å². The van der Waals surface area contributed by atoms with Crippen molar-refractivity contribution in [3.8, 4) is 0 Å². The highest BCUT2D eigenvalue weighted by molar-refractivity contribution is 5.36. The Hall–Kier alpha value is -1.52. The van der Waals surface area contributed by atoms with Crippen LogP contribution in [0.1, 0.15) is 0 Å². The molecule has 3 N–H and O–H groups in total. The zero-order valence-corrected chi connectivity index (χ0v) is 5.28. The summed E-state index contributed by atoms with van der Waals surface area (Å²) in [7, 11) is 0. The molecule has 1 aromatic rings. The molecule has 2 heterocycles. The van der Waals surface area contributed by atoms with Crippen molar-refractivity contribution >= 4 is 11.9 Å². The molecule has 0 bridgehead atoms. The summed E-state index contributed by atoms with van der Waals surface area (Å²) in [4.78, 5) is 3.92. The van der Waals surface area contributed by atoms with Gasteiger partial charge < -0.3 is 11.1 Å². The first-order valence-electron chi connectivity index (χ1n) is 2.98. The second-order valence-corrected chi connectivity index (χ2v) is 2.02. The summed E-state index contributed by atoms with van der Waals surface area (Å²) >= 11 is 0. The molecule has 0 saturated carbocycles. The van der Waals surface area contributed by atoms with Crippen LogP contribution in [0.25, 0.3) is 0 Å². The van der Waals surface area contributed by atoms with E-state index in [4.69, 9.17) is 5.73 Å². The number of nitrogen functional groups attached to an aromatic ring is 1. The average Bonchev–Trinajstić information content (AvgIpc) is 2.27. The van der Waals surface area contributed by atoms with Crippen molar-refractivity contribution in [2.24, 2.45) is 0 Å². The van der Waals surface area contributed by atoms with Gasteiger partial charge in [-0.05, 0) is 6.08 Å². The molecule has 0 spiro atoms. The minimum atomic E-state index is 0.311. The lowest BCUT2D eigenvalue weighted by Crippen LogP contribution is -2.08. The quantitative estimate of drug-likeness (QED) is 0.519. The first-order chi connectivity index (χ1) is 4.86. The molecule has 1 aliphatic heterocycles. The fraction of sp³-hybridized carbons (Fsp3) is 0.200. The van der Waals surface area contributed by atoms with Crippen LogP contribution in [-0.4, -0.2) is 14.8 Å². The molecular formula is C5H7N5. The van der Waals surface area contributed by atoms with E-state index in [-0.39, 0.29) is 0 Å². The molecule has 1 aliphatic rings. The van der Waals surface area contributed by atoms with Crippen LogP contribution in [0.3, 0.4) is 0 Å². The molecule has 0 atom stereocenters. The van der Waals surface area contributed by atoms with E-state index in [9.17, 15) is 0 Å². The van der Waals surface area contributed by atoms with Gasteiger partial charge in [0, 0.05) is 6.20 Å². The molecule has 5 heteroatoms. The van der Waals surface area contributed by atoms with E-state index in [0.717, 1.165) is 6.54 Å². The Labute approximate surface area is 57.5 Å². The lowest BCUT2D eigenvalue weighted by atomic mass is 10.5. The predicted molar refractivity (Wildman–Crippen MR) is 37.2 cm³/mol. The van der Waals surface area contributed by atoms with Crippen LogP contribution in [0.5, 0.6) is 0 Å². The Morgan fingerprint density at radius 3 is 3.40 bits per heavy atom. The maximum Gasteiger partial charge on any atom is 0.241 e. The van der Waals surface area contributed by atoms with Gasteiger partial charge >= 0.3 is 0 Å². The zero-order chi connectivity index (χ0) is 6.97. The molecule has 0 unspecified atom stereocenters. The van der Waals surface area contributed by atoms with Crippen molar-refractivity contribution in [3.05, 3.63) is 12.3 Å². The van der Waals surface area contributed by atoms with Gasteiger partial charge in [0.1, 0.15) is 0 Å². The Morgan fingerprint density at radius 1 is 1.70 bits per heavy atom. The SMILES string of the molecule is Nc1nc2n(n1)CC=CN2. The lowest BCUT2D eigenvalue weighted by molar-refractivity contribution is 0.701. The topological polar surface area (TPSA) is 68.8 Å². The molecular weight excluding hydrogens is 130 g/mol. The van der Waals surface area contributed by atoms with Crippen molar-refractivity contribution in [2.75, 3.05) is 11.1 Å². The lowest BCUT2D eigenvalue weighted by Gasteiger charge is -2.05. The second-order valence-electron chi connectivity index (χ2n) is 2.02. The Balaban J connectivity index is 2.46. The number of hydrogen-bond donors (Lipinski definition) is 2. The van der Waals surface area contributed by atoms with E-state index in [1.54, 1.807) is 4.68 Å². The monoisotopic (exact) mass is 137 g/mol. The standard InChI is InChI=1S/C5H7N5/c6-4-8-5-7-2-1-3-10(5)9-4/h1-2H,3H2,(H3,6,7,8,9). The average molecular weight is 137 g/mol. The molecule has 0 saturated heterocycles. The summed E-state index contributed by atoms with van der Waals surface area (Å²) in [6.07, 6.45) is 3.77. The number of allylic oxidation sites excluding steroid dienone is 1. The van der Waals surface area contributed by atoms with Crippen molar-refractivity contribution in [1.29, 1.82) is 0 Å².